The van der Waals surface area contributed by atoms with Gasteiger partial charge in [-0.25, -0.2) is 0 Å². The number of aliphatic hydroxyl groups is 1. The van der Waals surface area contributed by atoms with E-state index in [1.165, 1.54) is 38.5 Å². The summed E-state index contributed by atoms with van der Waals surface area (Å²) in [5, 5.41) is 14.6. The van der Waals surface area contributed by atoms with E-state index in [-0.39, 0.29) is 6.61 Å². The number of hydrogen-bond acceptors (Lipinski definition) is 3. The second-order valence-corrected chi connectivity index (χ2v) is 8.10. The van der Waals surface area contributed by atoms with Crippen LogP contribution in [0.3, 0.4) is 0 Å². The van der Waals surface area contributed by atoms with Gasteiger partial charge in [-0.05, 0) is 68.8 Å². The average Bonchev–Trinajstić information content (AvgIpc) is 2.54. The zero-order chi connectivity index (χ0) is 15.9. The first-order chi connectivity index (χ1) is 11.1. The van der Waals surface area contributed by atoms with E-state index in [1.807, 2.05) is 30.3 Å². The second kappa shape index (κ2) is 5.94. The van der Waals surface area contributed by atoms with Crippen molar-refractivity contribution in [2.75, 3.05) is 6.61 Å². The zero-order valence-corrected chi connectivity index (χ0v) is 13.9. The third kappa shape index (κ3) is 2.91. The van der Waals surface area contributed by atoms with Crippen LogP contribution in [0.15, 0.2) is 35.5 Å². The molecular weight excluding hydrogens is 286 g/mol. The molecule has 1 aromatic rings. The maximum absolute atomic E-state index is 10.2. The van der Waals surface area contributed by atoms with Crippen molar-refractivity contribution in [3.8, 4) is 0 Å². The largest absolute Gasteiger partial charge is 0.393 e. The van der Waals surface area contributed by atoms with Crippen molar-refractivity contribution >= 4 is 5.71 Å². The molecule has 0 amide bonds. The quantitative estimate of drug-likeness (QED) is 0.649. The molecule has 3 heteroatoms. The van der Waals surface area contributed by atoms with Gasteiger partial charge in [0.1, 0.15) is 12.7 Å². The van der Waals surface area contributed by atoms with E-state index >= 15 is 0 Å². The van der Waals surface area contributed by atoms with Crippen LogP contribution in [0.5, 0.6) is 0 Å². The summed E-state index contributed by atoms with van der Waals surface area (Å²) in [7, 11) is 0. The topological polar surface area (TPSA) is 41.8 Å². The van der Waals surface area contributed by atoms with Crippen LogP contribution in [0.25, 0.3) is 0 Å². The van der Waals surface area contributed by atoms with Crippen LogP contribution in [0, 0.1) is 23.2 Å². The number of aliphatic hydroxyl groups excluding tert-OH is 1. The average molecular weight is 313 g/mol. The van der Waals surface area contributed by atoms with Gasteiger partial charge in [0.15, 0.2) is 0 Å². The summed E-state index contributed by atoms with van der Waals surface area (Å²) >= 11 is 0. The van der Waals surface area contributed by atoms with Gasteiger partial charge >= 0.3 is 0 Å². The number of nitrogens with zero attached hydrogens (tertiary/aromatic N) is 1. The predicted molar refractivity (Wildman–Crippen MR) is 91.1 cm³/mol. The molecule has 23 heavy (non-hydrogen) atoms. The minimum absolute atomic E-state index is 0.230. The molecule has 0 saturated heterocycles. The Kier molecular flexibility index (Phi) is 3.92. The molecule has 4 aliphatic rings. The summed E-state index contributed by atoms with van der Waals surface area (Å²) in [6, 6.07) is 9.66. The summed E-state index contributed by atoms with van der Waals surface area (Å²) in [4.78, 5) is 5.54. The Morgan fingerprint density at radius 1 is 1.13 bits per heavy atom. The van der Waals surface area contributed by atoms with Crippen LogP contribution in [0.1, 0.15) is 57.1 Å². The van der Waals surface area contributed by atoms with Gasteiger partial charge in [-0.2, -0.15) is 0 Å². The Hall–Kier alpha value is -1.35. The van der Waals surface area contributed by atoms with Gasteiger partial charge in [0.25, 0.3) is 0 Å². The van der Waals surface area contributed by atoms with Gasteiger partial charge in [-0.1, -0.05) is 35.5 Å². The SMILES string of the molecule is C/C(=N\OC[C@H](O)c1ccccc1)C12CC3CC(CC(C3)C1)C2. The van der Waals surface area contributed by atoms with Gasteiger partial charge in [0.2, 0.25) is 0 Å². The minimum Gasteiger partial charge on any atom is -0.393 e. The van der Waals surface area contributed by atoms with Crippen molar-refractivity contribution in [1.82, 2.24) is 0 Å². The van der Waals surface area contributed by atoms with Crippen LogP contribution in [0.2, 0.25) is 0 Å². The molecule has 4 saturated carbocycles. The molecule has 0 aromatic heterocycles. The van der Waals surface area contributed by atoms with Gasteiger partial charge in [-0.15, -0.1) is 0 Å². The first kappa shape index (κ1) is 15.2. The van der Waals surface area contributed by atoms with E-state index in [0.29, 0.717) is 5.41 Å². The number of benzene rings is 1. The fourth-order valence-corrected chi connectivity index (χ4v) is 5.63. The molecule has 0 aliphatic heterocycles. The summed E-state index contributed by atoms with van der Waals surface area (Å²) in [6.07, 6.45) is 7.64. The molecular formula is C20H27NO2. The van der Waals surface area contributed by atoms with Gasteiger partial charge in [0, 0.05) is 5.41 Å². The van der Waals surface area contributed by atoms with Crippen LogP contribution < -0.4 is 0 Å². The first-order valence-electron chi connectivity index (χ1n) is 9.05. The molecule has 5 rings (SSSR count). The summed E-state index contributed by atoms with van der Waals surface area (Å²) in [5.41, 5.74) is 2.35. The smallest absolute Gasteiger partial charge is 0.147 e. The number of rotatable bonds is 5. The lowest BCUT2D eigenvalue weighted by molar-refractivity contribution is -0.0174. The maximum Gasteiger partial charge on any atom is 0.147 e. The lowest BCUT2D eigenvalue weighted by atomic mass is 9.48. The molecule has 0 radical (unpaired) electrons. The highest BCUT2D eigenvalue weighted by Crippen LogP contribution is 2.60. The van der Waals surface area contributed by atoms with E-state index in [4.69, 9.17) is 4.84 Å². The first-order valence-corrected chi connectivity index (χ1v) is 9.05. The normalized spacial score (nSPS) is 37.0. The van der Waals surface area contributed by atoms with Gasteiger partial charge < -0.3 is 9.94 Å². The Morgan fingerprint density at radius 2 is 1.70 bits per heavy atom. The monoisotopic (exact) mass is 313 g/mol. The standard InChI is InChI=1S/C20H27NO2/c1-14(21-23-13-19(22)18-5-3-2-4-6-18)20-10-15-7-16(11-20)9-17(8-15)12-20/h2-6,15-17,19,22H,7-13H2,1H3/b21-14+/t15?,16?,17?,19-,20?/m0/s1. The summed E-state index contributed by atoms with van der Waals surface area (Å²) in [6.45, 7) is 2.37. The molecule has 3 nitrogen and oxygen atoms in total. The molecule has 124 valence electrons. The highest BCUT2D eigenvalue weighted by atomic mass is 16.6. The Morgan fingerprint density at radius 3 is 2.26 bits per heavy atom. The van der Waals surface area contributed by atoms with E-state index in [9.17, 15) is 5.11 Å². The second-order valence-electron chi connectivity index (χ2n) is 8.10. The lowest BCUT2D eigenvalue weighted by Crippen LogP contribution is -2.49. The van der Waals surface area contributed by atoms with E-state index in [2.05, 4.69) is 12.1 Å². The van der Waals surface area contributed by atoms with Crippen molar-refractivity contribution in [2.24, 2.45) is 28.3 Å². The predicted octanol–water partition coefficient (Wildman–Crippen LogP) is 4.33. The third-order valence-electron chi connectivity index (χ3n) is 6.42. The van der Waals surface area contributed by atoms with Gasteiger partial charge in [-0.3, -0.25) is 0 Å². The molecule has 0 heterocycles. The third-order valence-corrected chi connectivity index (χ3v) is 6.42. The highest BCUT2D eigenvalue weighted by molar-refractivity contribution is 5.88. The number of hydrogen-bond donors (Lipinski definition) is 1. The summed E-state index contributed by atoms with van der Waals surface area (Å²) in [5.74, 6) is 2.75. The zero-order valence-electron chi connectivity index (χ0n) is 13.9. The Labute approximate surface area is 138 Å². The molecule has 1 aromatic carbocycles. The fourth-order valence-electron chi connectivity index (χ4n) is 5.63. The van der Waals surface area contributed by atoms with Crippen LogP contribution in [-0.2, 0) is 4.84 Å². The number of oxime groups is 1. The van der Waals surface area contributed by atoms with Crippen molar-refractivity contribution in [1.29, 1.82) is 0 Å². The van der Waals surface area contributed by atoms with Crippen LogP contribution >= 0.6 is 0 Å². The molecule has 4 aliphatic carbocycles. The van der Waals surface area contributed by atoms with Crippen molar-refractivity contribution in [3.05, 3.63) is 35.9 Å². The Balaban J connectivity index is 1.39. The Bertz CT molecular complexity index is 545. The van der Waals surface area contributed by atoms with E-state index in [1.54, 1.807) is 0 Å². The van der Waals surface area contributed by atoms with Crippen molar-refractivity contribution < 1.29 is 9.94 Å². The highest BCUT2D eigenvalue weighted by Gasteiger charge is 2.52. The molecule has 0 unspecified atom stereocenters. The molecule has 4 fully saturated rings. The van der Waals surface area contributed by atoms with Crippen molar-refractivity contribution in [2.45, 2.75) is 51.6 Å². The maximum atomic E-state index is 10.2. The molecule has 1 N–H and O–H groups in total. The lowest BCUT2D eigenvalue weighted by Gasteiger charge is -2.56. The summed E-state index contributed by atoms with van der Waals surface area (Å²) < 4.78 is 0. The van der Waals surface area contributed by atoms with Gasteiger partial charge in [0.05, 0.1) is 5.71 Å². The molecule has 0 spiro atoms. The minimum atomic E-state index is -0.607. The van der Waals surface area contributed by atoms with Crippen molar-refractivity contribution in [3.63, 3.8) is 0 Å². The molecule has 4 bridgehead atoms. The van der Waals surface area contributed by atoms with E-state index < -0.39 is 6.10 Å². The van der Waals surface area contributed by atoms with E-state index in [0.717, 1.165) is 29.0 Å². The molecule has 1 atom stereocenters. The van der Waals surface area contributed by atoms with Crippen LogP contribution in [-0.4, -0.2) is 17.4 Å². The fraction of sp³-hybridized carbons (Fsp3) is 0.650. The van der Waals surface area contributed by atoms with Crippen LogP contribution in [0.4, 0.5) is 0 Å².